The first-order valence-electron chi connectivity index (χ1n) is 8.25. The first-order valence-corrected chi connectivity index (χ1v) is 9.69. The summed E-state index contributed by atoms with van der Waals surface area (Å²) in [6.45, 7) is 1.36. The maximum atomic E-state index is 12.9. The quantitative estimate of drug-likeness (QED) is 0.754. The number of carbonyl (C=O) groups is 2. The zero-order valence-corrected chi connectivity index (χ0v) is 16.3. The van der Waals surface area contributed by atoms with E-state index in [0.717, 1.165) is 9.21 Å². The van der Waals surface area contributed by atoms with E-state index < -0.39 is 27.5 Å². The van der Waals surface area contributed by atoms with Gasteiger partial charge in [0, 0.05) is 14.1 Å². The minimum absolute atomic E-state index is 0.160. The van der Waals surface area contributed by atoms with Gasteiger partial charge in [0.05, 0.1) is 18.2 Å². The molecule has 28 heavy (non-hydrogen) atoms. The molecule has 0 aliphatic carbocycles. The van der Waals surface area contributed by atoms with Gasteiger partial charge in [0.1, 0.15) is 11.3 Å². The van der Waals surface area contributed by atoms with Crippen LogP contribution >= 0.6 is 0 Å². The summed E-state index contributed by atoms with van der Waals surface area (Å²) < 4.78 is 30.5. The summed E-state index contributed by atoms with van der Waals surface area (Å²) in [7, 11) is -1.01. The molecule has 1 aliphatic heterocycles. The van der Waals surface area contributed by atoms with Crippen molar-refractivity contribution in [1.82, 2.24) is 14.5 Å². The number of nitriles is 1. The highest BCUT2D eigenvalue weighted by molar-refractivity contribution is 7.88. The zero-order valence-electron chi connectivity index (χ0n) is 15.5. The van der Waals surface area contributed by atoms with E-state index in [1.54, 1.807) is 31.2 Å². The maximum absolute atomic E-state index is 12.9. The third-order valence-electron chi connectivity index (χ3n) is 4.55. The van der Waals surface area contributed by atoms with Crippen LogP contribution in [0, 0.1) is 11.3 Å². The van der Waals surface area contributed by atoms with E-state index in [0.29, 0.717) is 11.1 Å². The maximum Gasteiger partial charge on any atom is 0.325 e. The fourth-order valence-electron chi connectivity index (χ4n) is 2.83. The number of hydrogen-bond acceptors (Lipinski definition) is 6. The molecule has 0 spiro atoms. The van der Waals surface area contributed by atoms with Crippen LogP contribution in [-0.4, -0.2) is 43.7 Å². The van der Waals surface area contributed by atoms with Crippen molar-refractivity contribution in [3.63, 3.8) is 0 Å². The molecule has 146 valence electrons. The van der Waals surface area contributed by atoms with Gasteiger partial charge in [-0.05, 0) is 36.8 Å². The van der Waals surface area contributed by atoms with Crippen LogP contribution < -0.4 is 5.32 Å². The molecule has 1 aromatic heterocycles. The standard InChI is InChI=1S/C18H18N4O5S/c1-18(13-6-4-12(10-19)5-7-13)16(23)22(17(24)20-18)11-14-8-9-15(27-14)28(25,26)21(2)3/h4-9H,11H2,1-3H3,(H,20,24)/t18-/m0/s1. The van der Waals surface area contributed by atoms with Crippen LogP contribution in [0.2, 0.25) is 0 Å². The summed E-state index contributed by atoms with van der Waals surface area (Å²) in [5.41, 5.74) is -0.329. The number of nitrogens with zero attached hydrogens (tertiary/aromatic N) is 3. The molecule has 0 radical (unpaired) electrons. The number of hydrogen-bond donors (Lipinski definition) is 1. The number of benzene rings is 1. The van der Waals surface area contributed by atoms with Crippen molar-refractivity contribution in [2.75, 3.05) is 14.1 Å². The topological polar surface area (TPSA) is 124 Å². The summed E-state index contributed by atoms with van der Waals surface area (Å²) >= 11 is 0. The number of amides is 3. The molecule has 10 heteroatoms. The Kier molecular flexibility index (Phi) is 4.74. The van der Waals surface area contributed by atoms with Gasteiger partial charge in [-0.15, -0.1) is 0 Å². The number of imide groups is 1. The second kappa shape index (κ2) is 6.78. The van der Waals surface area contributed by atoms with Crippen LogP contribution in [0.15, 0.2) is 45.9 Å². The predicted octanol–water partition coefficient (Wildman–Crippen LogP) is 1.37. The summed E-state index contributed by atoms with van der Waals surface area (Å²) in [5.74, 6) is -0.344. The lowest BCUT2D eigenvalue weighted by Gasteiger charge is -2.22. The highest BCUT2D eigenvalue weighted by Crippen LogP contribution is 2.30. The van der Waals surface area contributed by atoms with Gasteiger partial charge in [0.15, 0.2) is 0 Å². The van der Waals surface area contributed by atoms with E-state index in [1.807, 2.05) is 6.07 Å². The molecule has 1 fully saturated rings. The van der Waals surface area contributed by atoms with Gasteiger partial charge in [-0.3, -0.25) is 9.69 Å². The minimum atomic E-state index is -3.75. The number of sulfonamides is 1. The van der Waals surface area contributed by atoms with Crippen molar-refractivity contribution < 1.29 is 22.4 Å². The predicted molar refractivity (Wildman–Crippen MR) is 97.2 cm³/mol. The van der Waals surface area contributed by atoms with E-state index in [2.05, 4.69) is 5.32 Å². The van der Waals surface area contributed by atoms with E-state index in [1.165, 1.54) is 26.2 Å². The third-order valence-corrected chi connectivity index (χ3v) is 6.24. The lowest BCUT2D eigenvalue weighted by Crippen LogP contribution is -2.40. The fraction of sp³-hybridized carbons (Fsp3) is 0.278. The number of carbonyl (C=O) groups excluding carboxylic acids is 2. The SMILES string of the molecule is CN(C)S(=O)(=O)c1ccc(CN2C(=O)N[C@@](C)(c3ccc(C#N)cc3)C2=O)o1. The molecule has 0 unspecified atom stereocenters. The molecule has 9 nitrogen and oxygen atoms in total. The van der Waals surface area contributed by atoms with Gasteiger partial charge in [-0.1, -0.05) is 12.1 Å². The molecule has 1 saturated heterocycles. The van der Waals surface area contributed by atoms with Crippen LogP contribution in [0.5, 0.6) is 0 Å². The van der Waals surface area contributed by atoms with Crippen LogP contribution in [-0.2, 0) is 26.9 Å². The van der Waals surface area contributed by atoms with Crippen molar-refractivity contribution in [1.29, 1.82) is 5.26 Å². The largest absolute Gasteiger partial charge is 0.446 e. The third kappa shape index (κ3) is 3.15. The van der Waals surface area contributed by atoms with E-state index in [9.17, 15) is 18.0 Å². The molecule has 1 aromatic carbocycles. The normalized spacial score (nSPS) is 19.8. The van der Waals surface area contributed by atoms with Crippen molar-refractivity contribution in [3.8, 4) is 6.07 Å². The molecule has 3 rings (SSSR count). The Bertz CT molecular complexity index is 1080. The van der Waals surface area contributed by atoms with Gasteiger partial charge in [0.25, 0.3) is 15.9 Å². The van der Waals surface area contributed by atoms with Crippen molar-refractivity contribution in [2.24, 2.45) is 0 Å². The Labute approximate surface area is 162 Å². The Balaban J connectivity index is 1.85. The number of urea groups is 1. The lowest BCUT2D eigenvalue weighted by molar-refractivity contribution is -0.131. The van der Waals surface area contributed by atoms with Gasteiger partial charge >= 0.3 is 6.03 Å². The van der Waals surface area contributed by atoms with E-state index in [4.69, 9.17) is 9.68 Å². The van der Waals surface area contributed by atoms with Crippen molar-refractivity contribution >= 4 is 22.0 Å². The Hall–Kier alpha value is -3.16. The van der Waals surface area contributed by atoms with Crippen LogP contribution in [0.1, 0.15) is 23.8 Å². The Morgan fingerprint density at radius 1 is 1.18 bits per heavy atom. The molecule has 2 aromatic rings. The Morgan fingerprint density at radius 2 is 1.82 bits per heavy atom. The molecule has 1 atom stereocenters. The molecule has 1 aliphatic rings. The molecule has 0 bridgehead atoms. The number of nitrogens with one attached hydrogen (secondary N) is 1. The summed E-state index contributed by atoms with van der Waals surface area (Å²) in [6.07, 6.45) is 0. The summed E-state index contributed by atoms with van der Waals surface area (Å²) in [4.78, 5) is 26.3. The van der Waals surface area contributed by atoms with Crippen LogP contribution in [0.3, 0.4) is 0 Å². The minimum Gasteiger partial charge on any atom is -0.446 e. The molecular formula is C18H18N4O5S. The van der Waals surface area contributed by atoms with Gasteiger partial charge in [-0.2, -0.15) is 5.26 Å². The molecule has 3 amide bonds. The lowest BCUT2D eigenvalue weighted by atomic mass is 9.91. The van der Waals surface area contributed by atoms with Gasteiger partial charge in [-0.25, -0.2) is 17.5 Å². The average Bonchev–Trinajstić information content (AvgIpc) is 3.22. The van der Waals surface area contributed by atoms with Gasteiger partial charge in [0.2, 0.25) is 5.09 Å². The number of furan rings is 1. The zero-order chi connectivity index (χ0) is 20.7. The van der Waals surface area contributed by atoms with E-state index >= 15 is 0 Å². The van der Waals surface area contributed by atoms with Crippen LogP contribution in [0.4, 0.5) is 4.79 Å². The van der Waals surface area contributed by atoms with Crippen molar-refractivity contribution in [3.05, 3.63) is 53.3 Å². The molecule has 1 N–H and O–H groups in total. The molecule has 2 heterocycles. The number of rotatable bonds is 5. The van der Waals surface area contributed by atoms with Crippen molar-refractivity contribution in [2.45, 2.75) is 24.1 Å². The smallest absolute Gasteiger partial charge is 0.325 e. The fourth-order valence-corrected chi connectivity index (χ4v) is 3.64. The molecular weight excluding hydrogens is 384 g/mol. The molecule has 0 saturated carbocycles. The summed E-state index contributed by atoms with van der Waals surface area (Å²) in [6, 6.07) is 10.4. The highest BCUT2D eigenvalue weighted by atomic mass is 32.2. The second-order valence-corrected chi connectivity index (χ2v) is 8.73. The first-order chi connectivity index (χ1) is 13.1. The van der Waals surface area contributed by atoms with Gasteiger partial charge < -0.3 is 9.73 Å². The Morgan fingerprint density at radius 3 is 2.39 bits per heavy atom. The van der Waals surface area contributed by atoms with Crippen LogP contribution in [0.25, 0.3) is 0 Å². The first kappa shape index (κ1) is 19.6. The summed E-state index contributed by atoms with van der Waals surface area (Å²) in [5, 5.41) is 11.3. The average molecular weight is 402 g/mol. The van der Waals surface area contributed by atoms with E-state index in [-0.39, 0.29) is 17.4 Å². The highest BCUT2D eigenvalue weighted by Gasteiger charge is 2.49. The monoisotopic (exact) mass is 402 g/mol. The second-order valence-electron chi connectivity index (χ2n) is 6.64.